The van der Waals surface area contributed by atoms with Gasteiger partial charge in [0.25, 0.3) is 0 Å². The van der Waals surface area contributed by atoms with Gasteiger partial charge in [0, 0.05) is 11.3 Å². The minimum atomic E-state index is 0.0104. The summed E-state index contributed by atoms with van der Waals surface area (Å²) in [5.74, 6) is 0.882. The third-order valence-electron chi connectivity index (χ3n) is 4.06. The van der Waals surface area contributed by atoms with Crippen LogP contribution in [0.1, 0.15) is 55.5 Å². The predicted molar refractivity (Wildman–Crippen MR) is 105 cm³/mol. The molecule has 0 spiro atoms. The molecule has 0 unspecified atom stereocenters. The standard InChI is InChI=1S/C22H27NO2/c1-3-4-5-6-15-25-21-13-7-18(8-14-21)16-17(2)22(24)19-9-11-20(23)12-10-19/h7-14,16H,3-6,15,23H2,1-2H3/b17-16+. The van der Waals surface area contributed by atoms with Crippen LogP contribution in [0.15, 0.2) is 54.1 Å². The molecule has 3 heteroatoms. The highest BCUT2D eigenvalue weighted by Gasteiger charge is 2.07. The molecular formula is C22H27NO2. The number of hydrogen-bond acceptors (Lipinski definition) is 3. The van der Waals surface area contributed by atoms with E-state index in [2.05, 4.69) is 6.92 Å². The molecule has 0 atom stereocenters. The van der Waals surface area contributed by atoms with E-state index >= 15 is 0 Å². The Morgan fingerprint density at radius 2 is 1.68 bits per heavy atom. The molecule has 0 amide bonds. The monoisotopic (exact) mass is 337 g/mol. The van der Waals surface area contributed by atoms with Crippen LogP contribution in [-0.2, 0) is 0 Å². The lowest BCUT2D eigenvalue weighted by Crippen LogP contribution is -2.01. The molecule has 132 valence electrons. The van der Waals surface area contributed by atoms with Crippen LogP contribution in [0, 0.1) is 0 Å². The molecule has 3 nitrogen and oxygen atoms in total. The largest absolute Gasteiger partial charge is 0.494 e. The first kappa shape index (κ1) is 18.8. The van der Waals surface area contributed by atoms with E-state index in [1.165, 1.54) is 19.3 Å². The molecule has 2 aromatic carbocycles. The average molecular weight is 337 g/mol. The summed E-state index contributed by atoms with van der Waals surface area (Å²) in [7, 11) is 0. The SMILES string of the molecule is CCCCCCOc1ccc(/C=C(\C)C(=O)c2ccc(N)cc2)cc1. The van der Waals surface area contributed by atoms with Gasteiger partial charge in [0.05, 0.1) is 6.61 Å². The van der Waals surface area contributed by atoms with Crippen molar-refractivity contribution in [2.24, 2.45) is 0 Å². The zero-order valence-electron chi connectivity index (χ0n) is 15.1. The number of carbonyl (C=O) groups excluding carboxylic acids is 1. The molecule has 0 bridgehead atoms. The van der Waals surface area contributed by atoms with Crippen molar-refractivity contribution in [2.45, 2.75) is 39.5 Å². The zero-order chi connectivity index (χ0) is 18.1. The molecular weight excluding hydrogens is 310 g/mol. The average Bonchev–Trinajstić information content (AvgIpc) is 2.63. The number of ketones is 1. The van der Waals surface area contributed by atoms with Gasteiger partial charge in [-0.15, -0.1) is 0 Å². The summed E-state index contributed by atoms with van der Waals surface area (Å²) < 4.78 is 5.74. The van der Waals surface area contributed by atoms with Gasteiger partial charge in [-0.3, -0.25) is 4.79 Å². The lowest BCUT2D eigenvalue weighted by molar-refractivity contribution is 0.103. The van der Waals surface area contributed by atoms with Crippen molar-refractivity contribution in [2.75, 3.05) is 12.3 Å². The molecule has 0 radical (unpaired) electrons. The summed E-state index contributed by atoms with van der Waals surface area (Å²) in [6, 6.07) is 14.8. The second-order valence-corrected chi connectivity index (χ2v) is 6.26. The van der Waals surface area contributed by atoms with Gasteiger partial charge in [-0.25, -0.2) is 0 Å². The van der Waals surface area contributed by atoms with E-state index in [0.29, 0.717) is 16.8 Å². The van der Waals surface area contributed by atoms with Crippen LogP contribution in [-0.4, -0.2) is 12.4 Å². The maximum atomic E-state index is 12.4. The van der Waals surface area contributed by atoms with E-state index in [1.54, 1.807) is 24.3 Å². The fourth-order valence-electron chi connectivity index (χ4n) is 2.56. The van der Waals surface area contributed by atoms with E-state index in [0.717, 1.165) is 24.3 Å². The van der Waals surface area contributed by atoms with Crippen molar-refractivity contribution in [3.05, 3.63) is 65.2 Å². The van der Waals surface area contributed by atoms with E-state index in [4.69, 9.17) is 10.5 Å². The quantitative estimate of drug-likeness (QED) is 0.284. The molecule has 0 fully saturated rings. The molecule has 0 aliphatic rings. The second kappa shape index (κ2) is 9.67. The number of benzene rings is 2. The Morgan fingerprint density at radius 1 is 1.00 bits per heavy atom. The van der Waals surface area contributed by atoms with Crippen LogP contribution in [0.4, 0.5) is 5.69 Å². The Morgan fingerprint density at radius 3 is 2.32 bits per heavy atom. The molecule has 0 aliphatic carbocycles. The summed E-state index contributed by atoms with van der Waals surface area (Å²) in [4.78, 5) is 12.4. The van der Waals surface area contributed by atoms with Crippen LogP contribution in [0.3, 0.4) is 0 Å². The molecule has 25 heavy (non-hydrogen) atoms. The normalized spacial score (nSPS) is 11.4. The lowest BCUT2D eigenvalue weighted by atomic mass is 10.0. The van der Waals surface area contributed by atoms with Crippen molar-refractivity contribution < 1.29 is 9.53 Å². The first-order valence-electron chi connectivity index (χ1n) is 8.91. The van der Waals surface area contributed by atoms with Crippen LogP contribution in [0.2, 0.25) is 0 Å². The van der Waals surface area contributed by atoms with E-state index in [-0.39, 0.29) is 5.78 Å². The third-order valence-corrected chi connectivity index (χ3v) is 4.06. The van der Waals surface area contributed by atoms with Gasteiger partial charge in [-0.05, 0) is 67.0 Å². The van der Waals surface area contributed by atoms with Crippen LogP contribution in [0.5, 0.6) is 5.75 Å². The molecule has 0 saturated heterocycles. The van der Waals surface area contributed by atoms with Crippen molar-refractivity contribution >= 4 is 17.5 Å². The Labute approximate surface area is 150 Å². The summed E-state index contributed by atoms with van der Waals surface area (Å²) in [5.41, 5.74) is 8.64. The number of Topliss-reactive ketones (excluding diaryl/α,β-unsaturated/α-hetero) is 1. The van der Waals surface area contributed by atoms with Crippen molar-refractivity contribution in [3.63, 3.8) is 0 Å². The highest BCUT2D eigenvalue weighted by atomic mass is 16.5. The number of allylic oxidation sites excluding steroid dienone is 1. The molecule has 0 saturated carbocycles. The summed E-state index contributed by atoms with van der Waals surface area (Å²) in [5, 5.41) is 0. The van der Waals surface area contributed by atoms with Crippen molar-refractivity contribution in [1.82, 2.24) is 0 Å². The molecule has 0 aromatic heterocycles. The van der Waals surface area contributed by atoms with Gasteiger partial charge in [0.1, 0.15) is 5.75 Å². The maximum Gasteiger partial charge on any atom is 0.188 e. The molecule has 2 aromatic rings. The van der Waals surface area contributed by atoms with Gasteiger partial charge in [-0.2, -0.15) is 0 Å². The van der Waals surface area contributed by atoms with Gasteiger partial charge in [0.15, 0.2) is 5.78 Å². The smallest absolute Gasteiger partial charge is 0.188 e. The summed E-state index contributed by atoms with van der Waals surface area (Å²) in [6.45, 7) is 4.79. The minimum absolute atomic E-state index is 0.0104. The number of nitrogen functional groups attached to an aromatic ring is 1. The summed E-state index contributed by atoms with van der Waals surface area (Å²) in [6.07, 6.45) is 6.68. The van der Waals surface area contributed by atoms with Crippen LogP contribution in [0.25, 0.3) is 6.08 Å². The van der Waals surface area contributed by atoms with Gasteiger partial charge < -0.3 is 10.5 Å². The van der Waals surface area contributed by atoms with E-state index in [1.807, 2.05) is 37.3 Å². The number of rotatable bonds is 9. The number of anilines is 1. The number of carbonyl (C=O) groups is 1. The predicted octanol–water partition coefficient (Wildman–Crippen LogP) is 5.51. The maximum absolute atomic E-state index is 12.4. The number of nitrogens with two attached hydrogens (primary N) is 1. The van der Waals surface area contributed by atoms with Crippen LogP contribution >= 0.6 is 0 Å². The molecule has 0 heterocycles. The first-order valence-corrected chi connectivity index (χ1v) is 8.91. The Kier molecular flexibility index (Phi) is 7.27. The van der Waals surface area contributed by atoms with E-state index < -0.39 is 0 Å². The minimum Gasteiger partial charge on any atom is -0.494 e. The second-order valence-electron chi connectivity index (χ2n) is 6.26. The molecule has 2 N–H and O–H groups in total. The fourth-order valence-corrected chi connectivity index (χ4v) is 2.56. The lowest BCUT2D eigenvalue weighted by Gasteiger charge is -2.06. The Balaban J connectivity index is 1.93. The van der Waals surface area contributed by atoms with Gasteiger partial charge in [-0.1, -0.05) is 38.3 Å². The summed E-state index contributed by atoms with van der Waals surface area (Å²) >= 11 is 0. The highest BCUT2D eigenvalue weighted by Crippen LogP contribution is 2.17. The zero-order valence-corrected chi connectivity index (χ0v) is 15.1. The first-order chi connectivity index (χ1) is 12.1. The van der Waals surface area contributed by atoms with Crippen LogP contribution < -0.4 is 10.5 Å². The van der Waals surface area contributed by atoms with Gasteiger partial charge in [0.2, 0.25) is 0 Å². The third kappa shape index (κ3) is 6.11. The number of ether oxygens (including phenoxy) is 1. The number of unbranched alkanes of at least 4 members (excludes halogenated alkanes) is 3. The fraction of sp³-hybridized carbons (Fsp3) is 0.318. The number of hydrogen-bond donors (Lipinski definition) is 1. The van der Waals surface area contributed by atoms with Crippen molar-refractivity contribution in [3.8, 4) is 5.75 Å². The van der Waals surface area contributed by atoms with Gasteiger partial charge >= 0.3 is 0 Å². The topological polar surface area (TPSA) is 52.3 Å². The van der Waals surface area contributed by atoms with Crippen molar-refractivity contribution in [1.29, 1.82) is 0 Å². The Hall–Kier alpha value is -2.55. The van der Waals surface area contributed by atoms with E-state index in [9.17, 15) is 4.79 Å². The Bertz CT molecular complexity index is 700. The highest BCUT2D eigenvalue weighted by molar-refractivity contribution is 6.11. The molecule has 0 aliphatic heterocycles. The molecule has 2 rings (SSSR count).